The first-order valence-electron chi connectivity index (χ1n) is 6.86. The van der Waals surface area contributed by atoms with E-state index >= 15 is 0 Å². The molecule has 2 rings (SSSR count). The molecule has 0 aliphatic carbocycles. The lowest BCUT2D eigenvalue weighted by Crippen LogP contribution is -2.47. The Bertz CT molecular complexity index is 487. The van der Waals surface area contributed by atoms with E-state index in [1.807, 2.05) is 4.90 Å². The number of pyridine rings is 1. The van der Waals surface area contributed by atoms with Gasteiger partial charge in [-0.1, -0.05) is 0 Å². The molecular formula is C14H21N3O4. The second-order valence-corrected chi connectivity index (χ2v) is 4.94. The topological polar surface area (TPSA) is 75.1 Å². The summed E-state index contributed by atoms with van der Waals surface area (Å²) in [6.45, 7) is 3.90. The van der Waals surface area contributed by atoms with Crippen LogP contribution >= 0.6 is 0 Å². The fourth-order valence-corrected chi connectivity index (χ4v) is 2.47. The number of aliphatic carboxylic acids is 1. The third-order valence-electron chi connectivity index (χ3n) is 3.56. The number of hydrogen-bond acceptors (Lipinski definition) is 6. The SMILES string of the molecule is COc1ccnc(CN2CCN(CC(=O)O)CC2)c1OC. The van der Waals surface area contributed by atoms with Gasteiger partial charge in [0, 0.05) is 45.0 Å². The van der Waals surface area contributed by atoms with Gasteiger partial charge < -0.3 is 14.6 Å². The Morgan fingerprint density at radius 2 is 1.90 bits per heavy atom. The van der Waals surface area contributed by atoms with Crippen molar-refractivity contribution in [2.75, 3.05) is 46.9 Å². The van der Waals surface area contributed by atoms with E-state index in [4.69, 9.17) is 14.6 Å². The first-order valence-corrected chi connectivity index (χ1v) is 6.86. The number of carboxylic acids is 1. The van der Waals surface area contributed by atoms with Crippen molar-refractivity contribution < 1.29 is 19.4 Å². The fraction of sp³-hybridized carbons (Fsp3) is 0.571. The Kier molecular flexibility index (Phi) is 5.35. The molecular weight excluding hydrogens is 274 g/mol. The number of ether oxygens (including phenoxy) is 2. The van der Waals surface area contributed by atoms with Gasteiger partial charge >= 0.3 is 5.97 Å². The lowest BCUT2D eigenvalue weighted by Gasteiger charge is -2.33. The highest BCUT2D eigenvalue weighted by Gasteiger charge is 2.21. The molecule has 1 N–H and O–H groups in total. The van der Waals surface area contributed by atoms with Crippen LogP contribution in [0.15, 0.2) is 12.3 Å². The van der Waals surface area contributed by atoms with Gasteiger partial charge in [-0.2, -0.15) is 0 Å². The number of hydrogen-bond donors (Lipinski definition) is 1. The van der Waals surface area contributed by atoms with Crippen LogP contribution in [0.1, 0.15) is 5.69 Å². The highest BCUT2D eigenvalue weighted by Crippen LogP contribution is 2.29. The van der Waals surface area contributed by atoms with E-state index in [1.165, 1.54) is 0 Å². The molecule has 0 spiro atoms. The average Bonchev–Trinajstić information content (AvgIpc) is 2.48. The van der Waals surface area contributed by atoms with Gasteiger partial charge in [-0.3, -0.25) is 19.6 Å². The van der Waals surface area contributed by atoms with Crippen LogP contribution in [0.25, 0.3) is 0 Å². The van der Waals surface area contributed by atoms with Crippen LogP contribution in [0.2, 0.25) is 0 Å². The van der Waals surface area contributed by atoms with Gasteiger partial charge in [-0.05, 0) is 0 Å². The van der Waals surface area contributed by atoms with Crippen molar-refractivity contribution >= 4 is 5.97 Å². The summed E-state index contributed by atoms with van der Waals surface area (Å²) in [6, 6.07) is 1.77. The minimum Gasteiger partial charge on any atom is -0.493 e. The molecule has 0 atom stereocenters. The van der Waals surface area contributed by atoms with Crippen molar-refractivity contribution in [2.45, 2.75) is 6.54 Å². The predicted molar refractivity (Wildman–Crippen MR) is 76.7 cm³/mol. The van der Waals surface area contributed by atoms with Crippen molar-refractivity contribution in [3.05, 3.63) is 18.0 Å². The predicted octanol–water partition coefficient (Wildman–Crippen LogP) is 0.301. The van der Waals surface area contributed by atoms with Crippen LogP contribution in [0.5, 0.6) is 11.5 Å². The molecule has 7 nitrogen and oxygen atoms in total. The first kappa shape index (κ1) is 15.5. The Labute approximate surface area is 124 Å². The van der Waals surface area contributed by atoms with Crippen LogP contribution < -0.4 is 9.47 Å². The second-order valence-electron chi connectivity index (χ2n) is 4.94. The maximum absolute atomic E-state index is 10.7. The largest absolute Gasteiger partial charge is 0.493 e. The number of carboxylic acid groups (broad SMARTS) is 1. The molecule has 1 aliphatic heterocycles. The molecule has 0 amide bonds. The standard InChI is InChI=1S/C14H21N3O4/c1-20-12-3-4-15-11(14(12)21-2)9-16-5-7-17(8-6-16)10-13(18)19/h3-4H,5-10H2,1-2H3,(H,18,19). The summed E-state index contributed by atoms with van der Waals surface area (Å²) in [5.41, 5.74) is 0.837. The van der Waals surface area contributed by atoms with Gasteiger partial charge in [0.2, 0.25) is 0 Å². The molecule has 0 radical (unpaired) electrons. The summed E-state index contributed by atoms with van der Waals surface area (Å²) in [7, 11) is 3.21. The molecule has 1 aliphatic rings. The summed E-state index contributed by atoms with van der Waals surface area (Å²) in [6.07, 6.45) is 1.71. The molecule has 1 aromatic heterocycles. The van der Waals surface area contributed by atoms with E-state index in [2.05, 4.69) is 9.88 Å². The van der Waals surface area contributed by atoms with Crippen molar-refractivity contribution in [2.24, 2.45) is 0 Å². The van der Waals surface area contributed by atoms with E-state index < -0.39 is 5.97 Å². The molecule has 7 heteroatoms. The summed E-state index contributed by atoms with van der Waals surface area (Å²) >= 11 is 0. The number of aromatic nitrogens is 1. The molecule has 1 fully saturated rings. The molecule has 21 heavy (non-hydrogen) atoms. The smallest absolute Gasteiger partial charge is 0.317 e. The average molecular weight is 295 g/mol. The maximum atomic E-state index is 10.7. The van der Waals surface area contributed by atoms with Crippen LogP contribution in [-0.2, 0) is 11.3 Å². The normalized spacial score (nSPS) is 16.7. The summed E-state index contributed by atoms with van der Waals surface area (Å²) in [4.78, 5) is 19.2. The minimum atomic E-state index is -0.778. The van der Waals surface area contributed by atoms with Gasteiger partial charge in [0.05, 0.1) is 20.8 Å². The van der Waals surface area contributed by atoms with E-state index in [9.17, 15) is 4.79 Å². The van der Waals surface area contributed by atoms with Crippen LogP contribution in [0.4, 0.5) is 0 Å². The number of nitrogens with zero attached hydrogens (tertiary/aromatic N) is 3. The monoisotopic (exact) mass is 295 g/mol. The number of piperazine rings is 1. The molecule has 0 bridgehead atoms. The molecule has 2 heterocycles. The quantitative estimate of drug-likeness (QED) is 0.809. The second kappa shape index (κ2) is 7.24. The molecule has 1 aromatic rings. The van der Waals surface area contributed by atoms with E-state index in [0.29, 0.717) is 18.0 Å². The Morgan fingerprint density at radius 1 is 1.24 bits per heavy atom. The zero-order chi connectivity index (χ0) is 15.2. The van der Waals surface area contributed by atoms with Gasteiger partial charge in [0.1, 0.15) is 5.69 Å². The summed E-state index contributed by atoms with van der Waals surface area (Å²) in [5, 5.41) is 8.80. The van der Waals surface area contributed by atoms with E-state index in [1.54, 1.807) is 26.5 Å². The number of methoxy groups -OCH3 is 2. The Morgan fingerprint density at radius 3 is 2.48 bits per heavy atom. The van der Waals surface area contributed by atoms with Gasteiger partial charge in [0.25, 0.3) is 0 Å². The maximum Gasteiger partial charge on any atom is 0.317 e. The van der Waals surface area contributed by atoms with Crippen LogP contribution in [0.3, 0.4) is 0 Å². The van der Waals surface area contributed by atoms with Crippen LogP contribution in [-0.4, -0.2) is 72.8 Å². The molecule has 0 saturated carbocycles. The zero-order valence-electron chi connectivity index (χ0n) is 12.4. The highest BCUT2D eigenvalue weighted by atomic mass is 16.5. The van der Waals surface area contributed by atoms with E-state index in [-0.39, 0.29) is 6.54 Å². The summed E-state index contributed by atoms with van der Waals surface area (Å²) < 4.78 is 10.7. The van der Waals surface area contributed by atoms with Gasteiger partial charge in [-0.25, -0.2) is 0 Å². The Hall–Kier alpha value is -1.86. The highest BCUT2D eigenvalue weighted by molar-refractivity contribution is 5.69. The number of rotatable bonds is 6. The van der Waals surface area contributed by atoms with Crippen molar-refractivity contribution in [3.63, 3.8) is 0 Å². The van der Waals surface area contributed by atoms with E-state index in [0.717, 1.165) is 31.9 Å². The molecule has 0 unspecified atom stereocenters. The molecule has 116 valence electrons. The van der Waals surface area contributed by atoms with Crippen molar-refractivity contribution in [1.82, 2.24) is 14.8 Å². The lowest BCUT2D eigenvalue weighted by molar-refractivity contribution is -0.138. The third-order valence-corrected chi connectivity index (χ3v) is 3.56. The van der Waals surface area contributed by atoms with Crippen LogP contribution in [0, 0.1) is 0 Å². The van der Waals surface area contributed by atoms with Gasteiger partial charge in [0.15, 0.2) is 11.5 Å². The van der Waals surface area contributed by atoms with Crippen molar-refractivity contribution in [3.8, 4) is 11.5 Å². The van der Waals surface area contributed by atoms with Gasteiger partial charge in [-0.15, -0.1) is 0 Å². The first-order chi connectivity index (χ1) is 10.1. The minimum absolute atomic E-state index is 0.106. The zero-order valence-corrected chi connectivity index (χ0v) is 12.4. The number of carbonyl (C=O) groups is 1. The molecule has 1 saturated heterocycles. The fourth-order valence-electron chi connectivity index (χ4n) is 2.47. The lowest BCUT2D eigenvalue weighted by atomic mass is 10.2. The van der Waals surface area contributed by atoms with Crippen molar-refractivity contribution in [1.29, 1.82) is 0 Å². The molecule has 0 aromatic carbocycles. The summed E-state index contributed by atoms with van der Waals surface area (Å²) in [5.74, 6) is 0.555. The third kappa shape index (κ3) is 4.05. The Balaban J connectivity index is 1.96.